The van der Waals surface area contributed by atoms with E-state index in [1.165, 1.54) is 19.3 Å². The van der Waals surface area contributed by atoms with E-state index in [4.69, 9.17) is 14.3 Å². The van der Waals surface area contributed by atoms with Gasteiger partial charge >= 0.3 is 0 Å². The number of aromatic nitrogens is 2. The van der Waals surface area contributed by atoms with Crippen LogP contribution in [0.4, 0.5) is 0 Å². The molecule has 0 aliphatic heterocycles. The monoisotopic (exact) mass is 315 g/mol. The summed E-state index contributed by atoms with van der Waals surface area (Å²) in [5.74, 6) is 0.784. The van der Waals surface area contributed by atoms with E-state index in [1.807, 2.05) is 18.2 Å². The molecule has 1 aliphatic rings. The number of pyridine rings is 1. The molecule has 6 heteroatoms. The van der Waals surface area contributed by atoms with Gasteiger partial charge in [-0.15, -0.1) is 0 Å². The van der Waals surface area contributed by atoms with Crippen LogP contribution in [0.3, 0.4) is 0 Å². The van der Waals surface area contributed by atoms with Crippen LogP contribution in [0.15, 0.2) is 40.0 Å². The molecule has 122 valence electrons. The van der Waals surface area contributed by atoms with Crippen molar-refractivity contribution in [2.24, 2.45) is 4.99 Å². The van der Waals surface area contributed by atoms with Gasteiger partial charge in [-0.05, 0) is 37.1 Å². The zero-order chi connectivity index (χ0) is 16.1. The molecule has 1 fully saturated rings. The second-order valence-corrected chi connectivity index (χ2v) is 5.81. The molecule has 0 amide bonds. The van der Waals surface area contributed by atoms with Crippen LogP contribution in [0, 0.1) is 6.92 Å². The fourth-order valence-corrected chi connectivity index (χ4v) is 2.76. The maximum atomic E-state index is 12.4. The number of carbonyl (C=O) groups excluding carboxylic acids is 1. The molecule has 2 aromatic rings. The van der Waals surface area contributed by atoms with Gasteiger partial charge in [-0.2, -0.15) is 0 Å². The van der Waals surface area contributed by atoms with Gasteiger partial charge in [-0.25, -0.2) is 0 Å². The summed E-state index contributed by atoms with van der Waals surface area (Å²) in [4.78, 5) is 17.2. The number of aryl methyl sites for hydroxylation is 1. The van der Waals surface area contributed by atoms with Gasteiger partial charge in [0, 0.05) is 12.3 Å². The minimum absolute atomic E-state index is 0.103. The quantitative estimate of drug-likeness (QED) is 0.870. The lowest BCUT2D eigenvalue weighted by molar-refractivity contribution is 0.0825. The lowest BCUT2D eigenvalue weighted by Crippen LogP contribution is -2.32. The lowest BCUT2D eigenvalue weighted by Gasteiger charge is -2.17. The summed E-state index contributed by atoms with van der Waals surface area (Å²) < 4.78 is 11.8. The first-order valence-corrected chi connectivity index (χ1v) is 8.03. The van der Waals surface area contributed by atoms with Gasteiger partial charge in [0.05, 0.1) is 6.04 Å². The van der Waals surface area contributed by atoms with Crippen LogP contribution in [0.2, 0.25) is 0 Å². The molecule has 0 N–H and O–H groups in total. The summed E-state index contributed by atoms with van der Waals surface area (Å²) in [6, 6.07) is 7.54. The molecule has 0 bridgehead atoms. The van der Waals surface area contributed by atoms with E-state index in [2.05, 4.69) is 5.16 Å². The van der Waals surface area contributed by atoms with E-state index < -0.39 is 0 Å². The molecule has 0 aromatic carbocycles. The first-order chi connectivity index (χ1) is 11.2. The van der Waals surface area contributed by atoms with Crippen LogP contribution in [-0.2, 0) is 0 Å². The average molecular weight is 315 g/mol. The molecule has 1 saturated carbocycles. The second kappa shape index (κ2) is 7.26. The van der Waals surface area contributed by atoms with E-state index in [1.54, 1.807) is 23.8 Å². The van der Waals surface area contributed by atoms with Crippen LogP contribution in [-0.4, -0.2) is 28.3 Å². The van der Waals surface area contributed by atoms with Crippen LogP contribution in [0.5, 0.6) is 5.88 Å². The topological polar surface area (TPSA) is 69.6 Å². The number of hydrogen-bond donors (Lipinski definition) is 0. The Morgan fingerprint density at radius 1 is 1.39 bits per heavy atom. The van der Waals surface area contributed by atoms with E-state index in [9.17, 15) is 4.79 Å². The van der Waals surface area contributed by atoms with Gasteiger partial charge in [0.25, 0.3) is 11.8 Å². The smallest absolute Gasteiger partial charge is 0.270 e. The first-order valence-electron chi connectivity index (χ1n) is 8.03. The van der Waals surface area contributed by atoms with Crippen LogP contribution >= 0.6 is 0 Å². The third kappa shape index (κ3) is 4.09. The molecule has 0 atom stereocenters. The first kappa shape index (κ1) is 15.5. The predicted molar refractivity (Wildman–Crippen MR) is 84.2 cm³/mol. The highest BCUT2D eigenvalue weighted by Crippen LogP contribution is 2.19. The molecule has 0 saturated heterocycles. The van der Waals surface area contributed by atoms with Gasteiger partial charge in [0.15, 0.2) is 6.61 Å². The fourth-order valence-electron chi connectivity index (χ4n) is 2.76. The molecule has 0 spiro atoms. The predicted octanol–water partition coefficient (Wildman–Crippen LogP) is 2.74. The van der Waals surface area contributed by atoms with Crippen LogP contribution < -0.4 is 10.2 Å². The minimum atomic E-state index is -0.180. The molecule has 3 rings (SSSR count). The van der Waals surface area contributed by atoms with Crippen molar-refractivity contribution in [3.8, 4) is 5.88 Å². The van der Waals surface area contributed by atoms with Crippen molar-refractivity contribution in [3.05, 3.63) is 41.7 Å². The summed E-state index contributed by atoms with van der Waals surface area (Å²) in [5, 5.41) is 3.72. The molecular weight excluding hydrogens is 294 g/mol. The van der Waals surface area contributed by atoms with Crippen molar-refractivity contribution < 1.29 is 14.1 Å². The highest BCUT2D eigenvalue weighted by atomic mass is 16.5. The summed E-state index contributed by atoms with van der Waals surface area (Å²) in [6.45, 7) is 1.67. The molecule has 2 heterocycles. The van der Waals surface area contributed by atoms with Crippen molar-refractivity contribution >= 4 is 5.91 Å². The molecule has 2 aromatic heterocycles. The maximum Gasteiger partial charge on any atom is 0.270 e. The van der Waals surface area contributed by atoms with Gasteiger partial charge in [-0.3, -0.25) is 14.4 Å². The summed E-state index contributed by atoms with van der Waals surface area (Å²) >= 11 is 0. The summed E-state index contributed by atoms with van der Waals surface area (Å²) in [7, 11) is 0. The van der Waals surface area contributed by atoms with Gasteiger partial charge < -0.3 is 9.26 Å². The van der Waals surface area contributed by atoms with Crippen molar-refractivity contribution in [2.75, 3.05) is 6.61 Å². The van der Waals surface area contributed by atoms with Crippen LogP contribution in [0.1, 0.15) is 42.7 Å². The normalized spacial score (nSPS) is 16.5. The van der Waals surface area contributed by atoms with E-state index in [-0.39, 0.29) is 12.5 Å². The Kier molecular flexibility index (Phi) is 4.90. The third-order valence-corrected chi connectivity index (χ3v) is 3.95. The number of carbonyl (C=O) groups is 1. The number of rotatable bonds is 4. The van der Waals surface area contributed by atoms with Crippen LogP contribution in [0.25, 0.3) is 0 Å². The van der Waals surface area contributed by atoms with Crippen molar-refractivity contribution in [1.82, 2.24) is 9.72 Å². The highest BCUT2D eigenvalue weighted by Gasteiger charge is 2.13. The average Bonchev–Trinajstić information content (AvgIpc) is 3.00. The second-order valence-electron chi connectivity index (χ2n) is 5.81. The van der Waals surface area contributed by atoms with E-state index >= 15 is 0 Å². The minimum Gasteiger partial charge on any atom is -0.465 e. The molecule has 0 radical (unpaired) electrons. The zero-order valence-electron chi connectivity index (χ0n) is 13.3. The molecule has 0 unspecified atom stereocenters. The van der Waals surface area contributed by atoms with Crippen molar-refractivity contribution in [1.29, 1.82) is 0 Å². The number of ether oxygens (including phenoxy) is 1. The Hall–Kier alpha value is -2.37. The Morgan fingerprint density at radius 2 is 2.22 bits per heavy atom. The molecular formula is C17H21N3O3. The Morgan fingerprint density at radius 3 is 2.96 bits per heavy atom. The number of nitrogens with zero attached hydrogens (tertiary/aromatic N) is 3. The van der Waals surface area contributed by atoms with Gasteiger partial charge in [-0.1, -0.05) is 25.3 Å². The summed E-state index contributed by atoms with van der Waals surface area (Å²) in [5.41, 5.74) is 0.685. The highest BCUT2D eigenvalue weighted by molar-refractivity contribution is 5.80. The SMILES string of the molecule is Cc1cc(OCC(=O)n2ccccc2=NC2CCCCC2)no1. The lowest BCUT2D eigenvalue weighted by atomic mass is 9.96. The Bertz CT molecular complexity index is 726. The van der Waals surface area contributed by atoms with E-state index in [0.717, 1.165) is 12.8 Å². The third-order valence-electron chi connectivity index (χ3n) is 3.95. The molecule has 23 heavy (non-hydrogen) atoms. The van der Waals surface area contributed by atoms with E-state index in [0.29, 0.717) is 23.2 Å². The number of hydrogen-bond acceptors (Lipinski definition) is 5. The van der Waals surface area contributed by atoms with Crippen molar-refractivity contribution in [2.45, 2.75) is 45.1 Å². The Balaban J connectivity index is 1.73. The maximum absolute atomic E-state index is 12.4. The standard InChI is InChI=1S/C17H21N3O3/c1-13-11-16(19-23-13)22-12-17(21)20-10-6-5-9-15(20)18-14-7-3-2-4-8-14/h5-6,9-11,14H,2-4,7-8,12H2,1H3. The largest absolute Gasteiger partial charge is 0.465 e. The summed E-state index contributed by atoms with van der Waals surface area (Å²) in [6.07, 6.45) is 7.62. The van der Waals surface area contributed by atoms with Gasteiger partial charge in [0.1, 0.15) is 11.2 Å². The van der Waals surface area contributed by atoms with Gasteiger partial charge in [0.2, 0.25) is 0 Å². The Labute approximate surface area is 134 Å². The molecule has 6 nitrogen and oxygen atoms in total. The zero-order valence-corrected chi connectivity index (χ0v) is 13.3. The fraction of sp³-hybridized carbons (Fsp3) is 0.471. The van der Waals surface area contributed by atoms with Crippen molar-refractivity contribution in [3.63, 3.8) is 0 Å². The molecule has 1 aliphatic carbocycles.